The van der Waals surface area contributed by atoms with Crippen molar-refractivity contribution < 1.29 is 31.1 Å². The van der Waals surface area contributed by atoms with Gasteiger partial charge in [-0.2, -0.15) is 13.2 Å². The maximum absolute atomic E-state index is 12.6. The molecule has 0 radical (unpaired) electrons. The summed E-state index contributed by atoms with van der Waals surface area (Å²) in [6, 6.07) is 8.35. The molecule has 0 saturated heterocycles. The highest BCUT2D eigenvalue weighted by atomic mass is 32.2. The summed E-state index contributed by atoms with van der Waals surface area (Å²) in [6.07, 6.45) is -4.45. The maximum Gasteiger partial charge on any atom is 0.416 e. The van der Waals surface area contributed by atoms with E-state index in [1.807, 2.05) is 0 Å². The molecule has 2 aromatic carbocycles. The molecule has 2 rings (SSSR count). The van der Waals surface area contributed by atoms with Crippen molar-refractivity contribution >= 4 is 15.8 Å². The molecule has 0 bridgehead atoms. The van der Waals surface area contributed by atoms with E-state index in [0.29, 0.717) is 11.1 Å². The molecule has 0 atom stereocenters. The summed E-state index contributed by atoms with van der Waals surface area (Å²) in [5.41, 5.74) is -0.130. The SMILES string of the molecule is CCS(=O)(=O)c1cc(-c2ccc(C(F)(F)F)cc2)ccc1C(=O)OC. The first kappa shape index (κ1) is 19.0. The molecule has 0 amide bonds. The Balaban J connectivity index is 2.57. The van der Waals surface area contributed by atoms with E-state index in [9.17, 15) is 26.4 Å². The summed E-state index contributed by atoms with van der Waals surface area (Å²) in [5, 5.41) is 0. The van der Waals surface area contributed by atoms with Crippen LogP contribution in [0.2, 0.25) is 0 Å². The van der Waals surface area contributed by atoms with Crippen molar-refractivity contribution in [1.82, 2.24) is 0 Å². The van der Waals surface area contributed by atoms with Crippen LogP contribution in [-0.4, -0.2) is 27.2 Å². The summed E-state index contributed by atoms with van der Waals surface area (Å²) in [6.45, 7) is 1.43. The number of carbonyl (C=O) groups is 1. The number of carbonyl (C=O) groups excluding carboxylic acids is 1. The summed E-state index contributed by atoms with van der Waals surface area (Å²) in [5.74, 6) is -1.03. The van der Waals surface area contributed by atoms with Gasteiger partial charge in [0.05, 0.1) is 28.9 Å². The smallest absolute Gasteiger partial charge is 0.416 e. The van der Waals surface area contributed by atoms with E-state index < -0.39 is 27.5 Å². The quantitative estimate of drug-likeness (QED) is 0.763. The Labute approximate surface area is 143 Å². The minimum Gasteiger partial charge on any atom is -0.465 e. The lowest BCUT2D eigenvalue weighted by molar-refractivity contribution is -0.137. The van der Waals surface area contributed by atoms with Crippen LogP contribution in [0, 0.1) is 0 Å². The van der Waals surface area contributed by atoms with Crippen LogP contribution in [0.1, 0.15) is 22.8 Å². The fraction of sp³-hybridized carbons (Fsp3) is 0.235. The molecule has 0 aliphatic carbocycles. The molecule has 0 aromatic heterocycles. The van der Waals surface area contributed by atoms with Gasteiger partial charge in [-0.3, -0.25) is 0 Å². The molecule has 2 aromatic rings. The van der Waals surface area contributed by atoms with E-state index in [1.165, 1.54) is 37.3 Å². The summed E-state index contributed by atoms with van der Waals surface area (Å²) in [4.78, 5) is 11.6. The zero-order valence-corrected chi connectivity index (χ0v) is 14.2. The van der Waals surface area contributed by atoms with Gasteiger partial charge in [0.2, 0.25) is 0 Å². The molecular formula is C17H15F3O4S. The van der Waals surface area contributed by atoms with Gasteiger partial charge in [0.1, 0.15) is 0 Å². The lowest BCUT2D eigenvalue weighted by Crippen LogP contribution is -2.12. The summed E-state index contributed by atoms with van der Waals surface area (Å²) >= 11 is 0. The van der Waals surface area contributed by atoms with Crippen LogP contribution >= 0.6 is 0 Å². The standard InChI is InChI=1S/C17H15F3O4S/c1-3-25(22,23)15-10-12(6-9-14(15)16(21)24-2)11-4-7-13(8-5-11)17(18,19)20/h4-10H,3H2,1-2H3. The fourth-order valence-corrected chi connectivity index (χ4v) is 3.35. The van der Waals surface area contributed by atoms with Gasteiger partial charge in [-0.25, -0.2) is 13.2 Å². The van der Waals surface area contributed by atoms with Gasteiger partial charge >= 0.3 is 12.1 Å². The highest BCUT2D eigenvalue weighted by Crippen LogP contribution is 2.32. The first-order valence-electron chi connectivity index (χ1n) is 7.23. The number of esters is 1. The van der Waals surface area contributed by atoms with E-state index in [0.717, 1.165) is 19.2 Å². The van der Waals surface area contributed by atoms with E-state index in [4.69, 9.17) is 0 Å². The van der Waals surface area contributed by atoms with Crippen LogP contribution < -0.4 is 0 Å². The Bertz CT molecular complexity index is 885. The molecule has 134 valence electrons. The Morgan fingerprint density at radius 2 is 1.60 bits per heavy atom. The number of methoxy groups -OCH3 is 1. The van der Waals surface area contributed by atoms with Crippen molar-refractivity contribution in [3.05, 3.63) is 53.6 Å². The lowest BCUT2D eigenvalue weighted by Gasteiger charge is -2.11. The Hall–Kier alpha value is -2.35. The van der Waals surface area contributed by atoms with Crippen LogP contribution in [0.25, 0.3) is 11.1 Å². The molecular weight excluding hydrogens is 357 g/mol. The van der Waals surface area contributed by atoms with Crippen LogP contribution in [0.5, 0.6) is 0 Å². The van der Waals surface area contributed by atoms with Crippen molar-refractivity contribution in [1.29, 1.82) is 0 Å². The normalized spacial score (nSPS) is 12.0. The second-order valence-corrected chi connectivity index (χ2v) is 7.43. The molecule has 0 N–H and O–H groups in total. The topological polar surface area (TPSA) is 60.4 Å². The maximum atomic E-state index is 12.6. The molecule has 4 nitrogen and oxygen atoms in total. The van der Waals surface area contributed by atoms with Crippen molar-refractivity contribution in [3.8, 4) is 11.1 Å². The minimum atomic E-state index is -4.45. The number of sulfone groups is 1. The average molecular weight is 372 g/mol. The highest BCUT2D eigenvalue weighted by molar-refractivity contribution is 7.91. The number of hydrogen-bond acceptors (Lipinski definition) is 4. The first-order valence-corrected chi connectivity index (χ1v) is 8.88. The zero-order chi connectivity index (χ0) is 18.8. The third-order valence-electron chi connectivity index (χ3n) is 3.65. The predicted molar refractivity (Wildman–Crippen MR) is 85.9 cm³/mol. The van der Waals surface area contributed by atoms with Gasteiger partial charge < -0.3 is 4.74 Å². The molecule has 0 fully saturated rings. The largest absolute Gasteiger partial charge is 0.465 e. The summed E-state index contributed by atoms with van der Waals surface area (Å²) in [7, 11) is -2.59. The fourth-order valence-electron chi connectivity index (χ4n) is 2.24. The van der Waals surface area contributed by atoms with Crippen molar-refractivity contribution in [2.45, 2.75) is 18.0 Å². The zero-order valence-electron chi connectivity index (χ0n) is 13.4. The Morgan fingerprint density at radius 1 is 1.04 bits per heavy atom. The third kappa shape index (κ3) is 4.01. The first-order chi connectivity index (χ1) is 11.6. The number of rotatable bonds is 4. The molecule has 0 spiro atoms. The molecule has 0 aliphatic heterocycles. The monoisotopic (exact) mass is 372 g/mol. The van der Waals surface area contributed by atoms with Crippen molar-refractivity contribution in [2.75, 3.05) is 12.9 Å². The van der Waals surface area contributed by atoms with E-state index in [-0.39, 0.29) is 16.2 Å². The van der Waals surface area contributed by atoms with E-state index in [2.05, 4.69) is 4.74 Å². The van der Waals surface area contributed by atoms with Crippen LogP contribution in [-0.2, 0) is 20.8 Å². The molecule has 0 unspecified atom stereocenters. The predicted octanol–water partition coefficient (Wildman–Crippen LogP) is 3.95. The number of hydrogen-bond donors (Lipinski definition) is 0. The number of ether oxygens (including phenoxy) is 1. The van der Waals surface area contributed by atoms with Crippen LogP contribution in [0.4, 0.5) is 13.2 Å². The highest BCUT2D eigenvalue weighted by Gasteiger charge is 2.30. The van der Waals surface area contributed by atoms with Crippen molar-refractivity contribution in [2.24, 2.45) is 0 Å². The average Bonchev–Trinajstić information content (AvgIpc) is 2.60. The number of halogens is 3. The van der Waals surface area contributed by atoms with Crippen LogP contribution in [0.15, 0.2) is 47.4 Å². The molecule has 0 saturated carbocycles. The van der Waals surface area contributed by atoms with E-state index in [1.54, 1.807) is 0 Å². The number of benzene rings is 2. The van der Waals surface area contributed by atoms with Crippen molar-refractivity contribution in [3.63, 3.8) is 0 Å². The Morgan fingerprint density at radius 3 is 2.08 bits per heavy atom. The Kier molecular flexibility index (Phi) is 5.22. The van der Waals surface area contributed by atoms with Crippen LogP contribution in [0.3, 0.4) is 0 Å². The van der Waals surface area contributed by atoms with Gasteiger partial charge in [0.15, 0.2) is 9.84 Å². The molecule has 0 heterocycles. The van der Waals surface area contributed by atoms with Gasteiger partial charge in [0.25, 0.3) is 0 Å². The number of alkyl halides is 3. The molecule has 8 heteroatoms. The third-order valence-corrected chi connectivity index (χ3v) is 5.42. The van der Waals surface area contributed by atoms with Gasteiger partial charge in [-0.05, 0) is 35.4 Å². The molecule has 25 heavy (non-hydrogen) atoms. The molecule has 0 aliphatic rings. The minimum absolute atomic E-state index is 0.111. The van der Waals surface area contributed by atoms with Gasteiger partial charge in [-0.15, -0.1) is 0 Å². The van der Waals surface area contributed by atoms with E-state index >= 15 is 0 Å². The van der Waals surface area contributed by atoms with Gasteiger partial charge in [-0.1, -0.05) is 25.1 Å². The second kappa shape index (κ2) is 6.87. The summed E-state index contributed by atoms with van der Waals surface area (Å²) < 4.78 is 67.0. The van der Waals surface area contributed by atoms with Gasteiger partial charge in [0, 0.05) is 0 Å². The second-order valence-electron chi connectivity index (χ2n) is 5.18. The lowest BCUT2D eigenvalue weighted by atomic mass is 10.0.